The molecule has 0 spiro atoms. The molecule has 3 rings (SSSR count). The van der Waals surface area contributed by atoms with Crippen LogP contribution in [0.5, 0.6) is 5.75 Å². The number of rotatable bonds is 5. The molecule has 5 heteroatoms. The van der Waals surface area contributed by atoms with Crippen molar-refractivity contribution in [3.63, 3.8) is 0 Å². The highest BCUT2D eigenvalue weighted by atomic mass is 79.9. The highest BCUT2D eigenvalue weighted by molar-refractivity contribution is 9.10. The molecule has 1 aromatic carbocycles. The van der Waals surface area contributed by atoms with Gasteiger partial charge in [0.25, 0.3) is 5.91 Å². The van der Waals surface area contributed by atoms with Gasteiger partial charge < -0.3 is 14.8 Å². The normalized spacial score (nSPS) is 22.0. The highest BCUT2D eigenvalue weighted by Gasteiger charge is 2.19. The monoisotopic (exact) mass is 381 g/mol. The van der Waals surface area contributed by atoms with E-state index in [1.54, 1.807) is 0 Å². The van der Waals surface area contributed by atoms with E-state index >= 15 is 0 Å². The van der Waals surface area contributed by atoms with E-state index in [0.717, 1.165) is 42.5 Å². The van der Waals surface area contributed by atoms with Crippen molar-refractivity contribution in [1.29, 1.82) is 0 Å². The van der Waals surface area contributed by atoms with E-state index < -0.39 is 0 Å². The summed E-state index contributed by atoms with van der Waals surface area (Å²) >= 11 is 3.50. The molecular weight excluding hydrogens is 358 g/mol. The summed E-state index contributed by atoms with van der Waals surface area (Å²) in [5, 5.41) is 3.14. The molecule has 2 aliphatic rings. The molecule has 126 valence electrons. The van der Waals surface area contributed by atoms with Crippen LogP contribution in [0, 0.1) is 0 Å². The molecule has 1 amide bonds. The van der Waals surface area contributed by atoms with Crippen LogP contribution >= 0.6 is 15.9 Å². The van der Waals surface area contributed by atoms with Crippen LogP contribution in [0.25, 0.3) is 0 Å². The number of nitrogens with one attached hydrogen (secondary N) is 1. The number of hydrogen-bond donors (Lipinski definition) is 1. The Bertz CT molecular complexity index is 537. The SMILES string of the molecule is O=C(NC1CCCCC1)c1ccc(OC[C@H]2CCCO2)c(Br)c1. The zero-order valence-electron chi connectivity index (χ0n) is 13.4. The Hall–Kier alpha value is -1.07. The molecule has 23 heavy (non-hydrogen) atoms. The Morgan fingerprint density at radius 2 is 2.04 bits per heavy atom. The van der Waals surface area contributed by atoms with Gasteiger partial charge in [-0.05, 0) is 59.8 Å². The predicted octanol–water partition coefficient (Wildman–Crippen LogP) is 4.07. The summed E-state index contributed by atoms with van der Waals surface area (Å²) in [6, 6.07) is 5.84. The second kappa shape index (κ2) is 8.15. The molecule has 0 bridgehead atoms. The molecule has 1 aliphatic heterocycles. The molecule has 1 saturated heterocycles. The summed E-state index contributed by atoms with van der Waals surface area (Å²) in [5.41, 5.74) is 0.673. The van der Waals surface area contributed by atoms with Crippen molar-refractivity contribution in [2.45, 2.75) is 57.1 Å². The van der Waals surface area contributed by atoms with Crippen molar-refractivity contribution in [2.24, 2.45) is 0 Å². The molecular formula is C18H24BrNO3. The second-order valence-electron chi connectivity index (χ2n) is 6.40. The topological polar surface area (TPSA) is 47.6 Å². The van der Waals surface area contributed by atoms with E-state index in [1.165, 1.54) is 19.3 Å². The van der Waals surface area contributed by atoms with Gasteiger partial charge in [0.15, 0.2) is 0 Å². The minimum Gasteiger partial charge on any atom is -0.490 e. The fourth-order valence-corrected chi connectivity index (χ4v) is 3.73. The van der Waals surface area contributed by atoms with Gasteiger partial charge >= 0.3 is 0 Å². The van der Waals surface area contributed by atoms with Crippen molar-refractivity contribution in [2.75, 3.05) is 13.2 Å². The lowest BCUT2D eigenvalue weighted by Gasteiger charge is -2.22. The zero-order chi connectivity index (χ0) is 16.1. The lowest BCUT2D eigenvalue weighted by Crippen LogP contribution is -2.36. The fourth-order valence-electron chi connectivity index (χ4n) is 3.23. The van der Waals surface area contributed by atoms with E-state index in [-0.39, 0.29) is 12.0 Å². The standard InChI is InChI=1S/C18H24BrNO3/c19-16-11-13(18(21)20-14-5-2-1-3-6-14)8-9-17(16)23-12-15-7-4-10-22-15/h8-9,11,14-15H,1-7,10,12H2,(H,20,21)/t15-/m1/s1. The quantitative estimate of drug-likeness (QED) is 0.835. The zero-order valence-corrected chi connectivity index (χ0v) is 14.9. The number of halogens is 1. The number of hydrogen-bond acceptors (Lipinski definition) is 3. The molecule has 1 atom stereocenters. The van der Waals surface area contributed by atoms with Gasteiger partial charge in [-0.2, -0.15) is 0 Å². The first-order valence-corrected chi connectivity index (χ1v) is 9.36. The number of amides is 1. The average molecular weight is 382 g/mol. The molecule has 2 fully saturated rings. The molecule has 1 N–H and O–H groups in total. The van der Waals surface area contributed by atoms with Crippen molar-refractivity contribution < 1.29 is 14.3 Å². The molecule has 1 aromatic rings. The third-order valence-electron chi connectivity index (χ3n) is 4.58. The Morgan fingerprint density at radius 1 is 1.22 bits per heavy atom. The average Bonchev–Trinajstić information content (AvgIpc) is 3.08. The minimum atomic E-state index is 0.00303. The Labute approximate surface area is 146 Å². The second-order valence-corrected chi connectivity index (χ2v) is 7.25. The van der Waals surface area contributed by atoms with Crippen LogP contribution in [0.2, 0.25) is 0 Å². The van der Waals surface area contributed by atoms with Crippen LogP contribution in [0.4, 0.5) is 0 Å². The molecule has 1 heterocycles. The third-order valence-corrected chi connectivity index (χ3v) is 5.20. The summed E-state index contributed by atoms with van der Waals surface area (Å²) < 4.78 is 12.2. The fraction of sp³-hybridized carbons (Fsp3) is 0.611. The smallest absolute Gasteiger partial charge is 0.251 e. The van der Waals surface area contributed by atoms with Crippen LogP contribution in [0.3, 0.4) is 0 Å². The molecule has 1 aliphatic carbocycles. The third kappa shape index (κ3) is 4.70. The van der Waals surface area contributed by atoms with E-state index in [1.807, 2.05) is 18.2 Å². The van der Waals surface area contributed by atoms with Gasteiger partial charge in [0, 0.05) is 18.2 Å². The molecule has 1 saturated carbocycles. The van der Waals surface area contributed by atoms with Crippen molar-refractivity contribution >= 4 is 21.8 Å². The van der Waals surface area contributed by atoms with Crippen LogP contribution in [-0.2, 0) is 4.74 Å². The van der Waals surface area contributed by atoms with Gasteiger partial charge in [0.05, 0.1) is 10.6 Å². The van der Waals surface area contributed by atoms with Gasteiger partial charge in [-0.15, -0.1) is 0 Å². The van der Waals surface area contributed by atoms with E-state index in [0.29, 0.717) is 18.2 Å². The number of ether oxygens (including phenoxy) is 2. The van der Waals surface area contributed by atoms with Gasteiger partial charge in [-0.1, -0.05) is 19.3 Å². The Balaban J connectivity index is 1.55. The maximum atomic E-state index is 12.4. The Morgan fingerprint density at radius 3 is 2.74 bits per heavy atom. The summed E-state index contributed by atoms with van der Waals surface area (Å²) in [4.78, 5) is 12.4. The molecule has 0 aromatic heterocycles. The van der Waals surface area contributed by atoms with Gasteiger partial charge in [-0.25, -0.2) is 0 Å². The maximum absolute atomic E-state index is 12.4. The number of carbonyl (C=O) groups excluding carboxylic acids is 1. The van der Waals surface area contributed by atoms with E-state index in [4.69, 9.17) is 9.47 Å². The van der Waals surface area contributed by atoms with Crippen molar-refractivity contribution in [3.8, 4) is 5.75 Å². The summed E-state index contributed by atoms with van der Waals surface area (Å²) in [6.07, 6.45) is 8.25. The first-order valence-electron chi connectivity index (χ1n) is 8.57. The lowest BCUT2D eigenvalue weighted by molar-refractivity contribution is 0.0676. The van der Waals surface area contributed by atoms with Gasteiger partial charge in [0.2, 0.25) is 0 Å². The summed E-state index contributed by atoms with van der Waals surface area (Å²) in [7, 11) is 0. The van der Waals surface area contributed by atoms with Crippen LogP contribution in [-0.4, -0.2) is 31.3 Å². The summed E-state index contributed by atoms with van der Waals surface area (Å²) in [5.74, 6) is 0.762. The largest absolute Gasteiger partial charge is 0.490 e. The first-order chi connectivity index (χ1) is 11.2. The number of carbonyl (C=O) groups is 1. The molecule has 0 unspecified atom stereocenters. The first kappa shape index (κ1) is 16.8. The van der Waals surface area contributed by atoms with Crippen LogP contribution < -0.4 is 10.1 Å². The van der Waals surface area contributed by atoms with Gasteiger partial charge in [-0.3, -0.25) is 4.79 Å². The molecule has 0 radical (unpaired) electrons. The maximum Gasteiger partial charge on any atom is 0.251 e. The van der Waals surface area contributed by atoms with E-state index in [2.05, 4.69) is 21.2 Å². The van der Waals surface area contributed by atoms with E-state index in [9.17, 15) is 4.79 Å². The minimum absolute atomic E-state index is 0.00303. The summed E-state index contributed by atoms with van der Waals surface area (Å²) in [6.45, 7) is 1.39. The lowest BCUT2D eigenvalue weighted by atomic mass is 9.95. The van der Waals surface area contributed by atoms with Crippen molar-refractivity contribution in [3.05, 3.63) is 28.2 Å². The van der Waals surface area contributed by atoms with Crippen LogP contribution in [0.15, 0.2) is 22.7 Å². The highest BCUT2D eigenvalue weighted by Crippen LogP contribution is 2.27. The number of benzene rings is 1. The van der Waals surface area contributed by atoms with Crippen molar-refractivity contribution in [1.82, 2.24) is 5.32 Å². The van der Waals surface area contributed by atoms with Gasteiger partial charge in [0.1, 0.15) is 12.4 Å². The Kier molecular flexibility index (Phi) is 5.95. The predicted molar refractivity (Wildman–Crippen MR) is 93.0 cm³/mol. The van der Waals surface area contributed by atoms with Crippen LogP contribution in [0.1, 0.15) is 55.3 Å². The molecule has 4 nitrogen and oxygen atoms in total.